The third-order valence-corrected chi connectivity index (χ3v) is 2.63. The number of carbonyl (C=O) groups excluding carboxylic acids is 1. The first-order valence-corrected chi connectivity index (χ1v) is 6.04. The zero-order chi connectivity index (χ0) is 10.9. The molecule has 1 heterocycles. The van der Waals surface area contributed by atoms with Crippen LogP contribution in [0, 0.1) is 0 Å². The van der Waals surface area contributed by atoms with Crippen molar-refractivity contribution in [2.45, 2.75) is 51.6 Å². The van der Waals surface area contributed by atoms with Crippen molar-refractivity contribution in [3.8, 4) is 0 Å². The standard InChI is InChI=1S/C12H22O3/c1-2-8-14-10-11(13)6-7-12-5-3-4-9-15-12/h12H,2-10H2,1H3. The number of hydrogen-bond donors (Lipinski definition) is 0. The van der Waals surface area contributed by atoms with Crippen LogP contribution in [0.2, 0.25) is 0 Å². The van der Waals surface area contributed by atoms with Crippen LogP contribution >= 0.6 is 0 Å². The summed E-state index contributed by atoms with van der Waals surface area (Å²) in [6, 6.07) is 0. The van der Waals surface area contributed by atoms with Gasteiger partial charge < -0.3 is 9.47 Å². The second-order valence-corrected chi connectivity index (χ2v) is 4.12. The van der Waals surface area contributed by atoms with Crippen LogP contribution in [-0.4, -0.2) is 31.7 Å². The van der Waals surface area contributed by atoms with Crippen LogP contribution in [0.5, 0.6) is 0 Å². The van der Waals surface area contributed by atoms with E-state index in [9.17, 15) is 4.79 Å². The van der Waals surface area contributed by atoms with E-state index in [1.807, 2.05) is 6.92 Å². The molecule has 1 aliphatic heterocycles. The zero-order valence-corrected chi connectivity index (χ0v) is 9.67. The molecule has 1 fully saturated rings. The minimum atomic E-state index is 0.206. The zero-order valence-electron chi connectivity index (χ0n) is 9.67. The molecule has 0 aliphatic carbocycles. The minimum absolute atomic E-state index is 0.206. The lowest BCUT2D eigenvalue weighted by atomic mass is 10.0. The number of ketones is 1. The lowest BCUT2D eigenvalue weighted by Gasteiger charge is -2.22. The van der Waals surface area contributed by atoms with Crippen LogP contribution in [0.1, 0.15) is 45.4 Å². The molecule has 1 unspecified atom stereocenters. The Morgan fingerprint density at radius 2 is 2.33 bits per heavy atom. The van der Waals surface area contributed by atoms with Crippen molar-refractivity contribution in [1.82, 2.24) is 0 Å². The van der Waals surface area contributed by atoms with Crippen LogP contribution in [0.15, 0.2) is 0 Å². The summed E-state index contributed by atoms with van der Waals surface area (Å²) in [5.74, 6) is 0.206. The molecule has 1 atom stereocenters. The Labute approximate surface area is 92.1 Å². The van der Waals surface area contributed by atoms with Crippen molar-refractivity contribution in [2.75, 3.05) is 19.8 Å². The number of hydrogen-bond acceptors (Lipinski definition) is 3. The van der Waals surface area contributed by atoms with Crippen LogP contribution < -0.4 is 0 Å². The molecule has 0 amide bonds. The lowest BCUT2D eigenvalue weighted by molar-refractivity contribution is -0.124. The molecule has 88 valence electrons. The van der Waals surface area contributed by atoms with E-state index in [1.165, 1.54) is 12.8 Å². The van der Waals surface area contributed by atoms with Crippen molar-refractivity contribution in [1.29, 1.82) is 0 Å². The third-order valence-electron chi connectivity index (χ3n) is 2.63. The predicted octanol–water partition coefficient (Wildman–Crippen LogP) is 2.33. The molecule has 15 heavy (non-hydrogen) atoms. The van der Waals surface area contributed by atoms with E-state index in [2.05, 4.69) is 0 Å². The first-order valence-electron chi connectivity index (χ1n) is 6.04. The summed E-state index contributed by atoms with van der Waals surface area (Å²) < 4.78 is 10.8. The van der Waals surface area contributed by atoms with Gasteiger partial charge in [0.25, 0.3) is 0 Å². The smallest absolute Gasteiger partial charge is 0.158 e. The van der Waals surface area contributed by atoms with Gasteiger partial charge in [0.15, 0.2) is 5.78 Å². The number of Topliss-reactive ketones (excluding diaryl/α,β-unsaturated/α-hetero) is 1. The number of rotatable bonds is 7. The van der Waals surface area contributed by atoms with Gasteiger partial charge >= 0.3 is 0 Å². The van der Waals surface area contributed by atoms with Crippen molar-refractivity contribution < 1.29 is 14.3 Å². The average Bonchev–Trinajstić information content (AvgIpc) is 2.28. The van der Waals surface area contributed by atoms with E-state index in [0.717, 1.165) is 25.9 Å². The number of carbonyl (C=O) groups is 1. The van der Waals surface area contributed by atoms with Gasteiger partial charge in [-0.1, -0.05) is 6.92 Å². The molecule has 0 aromatic heterocycles. The normalized spacial score (nSPS) is 21.5. The Bertz CT molecular complexity index is 174. The maximum absolute atomic E-state index is 11.4. The van der Waals surface area contributed by atoms with Crippen LogP contribution in [0.3, 0.4) is 0 Å². The van der Waals surface area contributed by atoms with E-state index < -0.39 is 0 Å². The lowest BCUT2D eigenvalue weighted by Crippen LogP contribution is -2.21. The highest BCUT2D eigenvalue weighted by Crippen LogP contribution is 2.16. The van der Waals surface area contributed by atoms with Crippen LogP contribution in [0.4, 0.5) is 0 Å². The molecular formula is C12H22O3. The van der Waals surface area contributed by atoms with E-state index >= 15 is 0 Å². The summed E-state index contributed by atoms with van der Waals surface area (Å²) >= 11 is 0. The Hall–Kier alpha value is -0.410. The molecule has 1 aliphatic rings. The molecule has 0 spiro atoms. The molecule has 0 bridgehead atoms. The fourth-order valence-corrected chi connectivity index (χ4v) is 1.76. The summed E-state index contributed by atoms with van der Waals surface area (Å²) in [5.41, 5.74) is 0. The van der Waals surface area contributed by atoms with Gasteiger partial charge in [-0.05, 0) is 32.1 Å². The van der Waals surface area contributed by atoms with Crippen molar-refractivity contribution >= 4 is 5.78 Å². The number of ether oxygens (including phenoxy) is 2. The largest absolute Gasteiger partial charge is 0.378 e. The van der Waals surface area contributed by atoms with Gasteiger partial charge in [0.1, 0.15) is 6.61 Å². The van der Waals surface area contributed by atoms with E-state index in [-0.39, 0.29) is 12.4 Å². The van der Waals surface area contributed by atoms with Crippen molar-refractivity contribution in [3.05, 3.63) is 0 Å². The fourth-order valence-electron chi connectivity index (χ4n) is 1.76. The summed E-state index contributed by atoms with van der Waals surface area (Å²) in [7, 11) is 0. The van der Waals surface area contributed by atoms with Crippen molar-refractivity contribution in [3.63, 3.8) is 0 Å². The predicted molar refractivity (Wildman–Crippen MR) is 58.9 cm³/mol. The van der Waals surface area contributed by atoms with Gasteiger partial charge in [-0.15, -0.1) is 0 Å². The average molecular weight is 214 g/mol. The molecule has 0 saturated carbocycles. The van der Waals surface area contributed by atoms with Gasteiger partial charge in [0, 0.05) is 19.6 Å². The molecule has 1 saturated heterocycles. The Kier molecular flexibility index (Phi) is 6.60. The highest BCUT2D eigenvalue weighted by Gasteiger charge is 2.15. The molecule has 0 aromatic carbocycles. The summed E-state index contributed by atoms with van der Waals surface area (Å²) in [6.07, 6.45) is 6.29. The Morgan fingerprint density at radius 1 is 1.47 bits per heavy atom. The molecule has 0 aromatic rings. The highest BCUT2D eigenvalue weighted by atomic mass is 16.5. The van der Waals surface area contributed by atoms with Gasteiger partial charge in [-0.3, -0.25) is 4.79 Å². The molecule has 3 nitrogen and oxygen atoms in total. The van der Waals surface area contributed by atoms with E-state index in [1.54, 1.807) is 0 Å². The van der Waals surface area contributed by atoms with Gasteiger partial charge in [0.2, 0.25) is 0 Å². The fraction of sp³-hybridized carbons (Fsp3) is 0.917. The van der Waals surface area contributed by atoms with Crippen LogP contribution in [-0.2, 0) is 14.3 Å². The molecule has 3 heteroatoms. The van der Waals surface area contributed by atoms with E-state index in [4.69, 9.17) is 9.47 Å². The molecule has 0 N–H and O–H groups in total. The second kappa shape index (κ2) is 7.83. The SMILES string of the molecule is CCCOCC(=O)CCC1CCCCO1. The molecule has 0 radical (unpaired) electrons. The minimum Gasteiger partial charge on any atom is -0.378 e. The monoisotopic (exact) mass is 214 g/mol. The van der Waals surface area contributed by atoms with Gasteiger partial charge in [-0.2, -0.15) is 0 Å². The third kappa shape index (κ3) is 5.90. The van der Waals surface area contributed by atoms with E-state index in [0.29, 0.717) is 19.1 Å². The van der Waals surface area contributed by atoms with Crippen molar-refractivity contribution in [2.24, 2.45) is 0 Å². The molecular weight excluding hydrogens is 192 g/mol. The van der Waals surface area contributed by atoms with Gasteiger partial charge in [0.05, 0.1) is 6.10 Å². The summed E-state index contributed by atoms with van der Waals surface area (Å²) in [4.78, 5) is 11.4. The quantitative estimate of drug-likeness (QED) is 0.610. The summed E-state index contributed by atoms with van der Waals surface area (Å²) in [6.45, 7) is 3.87. The topological polar surface area (TPSA) is 35.5 Å². The maximum Gasteiger partial charge on any atom is 0.158 e. The molecule has 1 rings (SSSR count). The second-order valence-electron chi connectivity index (χ2n) is 4.12. The van der Waals surface area contributed by atoms with Crippen LogP contribution in [0.25, 0.3) is 0 Å². The summed E-state index contributed by atoms with van der Waals surface area (Å²) in [5, 5.41) is 0. The highest BCUT2D eigenvalue weighted by molar-refractivity contribution is 5.79. The first-order chi connectivity index (χ1) is 7.33. The Morgan fingerprint density at radius 3 is 3.00 bits per heavy atom. The maximum atomic E-state index is 11.4. The first kappa shape index (κ1) is 12.7. The van der Waals surface area contributed by atoms with Gasteiger partial charge in [-0.25, -0.2) is 0 Å². The Balaban J connectivity index is 2.00.